The molecular formula is C47H79N3O. The first-order chi connectivity index (χ1) is 25.3. The third-order valence-corrected chi connectivity index (χ3v) is 19.0. The lowest BCUT2D eigenvalue weighted by atomic mass is 9.55. The van der Waals surface area contributed by atoms with Gasteiger partial charge in [0.15, 0.2) is 0 Å². The summed E-state index contributed by atoms with van der Waals surface area (Å²) in [6.07, 6.45) is 45.8. The number of rotatable bonds is 5. The van der Waals surface area contributed by atoms with Crippen molar-refractivity contribution in [3.05, 3.63) is 0 Å². The van der Waals surface area contributed by atoms with Crippen molar-refractivity contribution in [3.8, 4) is 0 Å². The van der Waals surface area contributed by atoms with Crippen molar-refractivity contribution in [1.82, 2.24) is 16.0 Å². The monoisotopic (exact) mass is 702 g/mol. The molecule has 2 heterocycles. The summed E-state index contributed by atoms with van der Waals surface area (Å²) in [6, 6.07) is 0. The Hall–Kier alpha value is -0.160. The van der Waals surface area contributed by atoms with Gasteiger partial charge in [0.05, 0.1) is 30.7 Å². The van der Waals surface area contributed by atoms with E-state index >= 15 is 0 Å². The maximum absolute atomic E-state index is 7.52. The predicted octanol–water partition coefficient (Wildman–Crippen LogP) is 10.9. The van der Waals surface area contributed by atoms with Crippen molar-refractivity contribution in [2.45, 2.75) is 217 Å². The summed E-state index contributed by atoms with van der Waals surface area (Å²) in [5.41, 5.74) is 0. The Morgan fingerprint density at radius 1 is 0.294 bits per heavy atom. The second-order valence-electron chi connectivity index (χ2n) is 21.3. The highest BCUT2D eigenvalue weighted by molar-refractivity contribution is 5.08. The van der Waals surface area contributed by atoms with Gasteiger partial charge in [0.1, 0.15) is 0 Å². The SMILES string of the molecule is C1CCC(C2NC(C3CCC(C4CCC5CCCCC5C4)CC3)NC(C3CC4OC5C(C6CCCCC6)CCCC5C4C4CCCCC34)N2)CC1. The maximum atomic E-state index is 7.52. The fourth-order valence-electron chi connectivity index (χ4n) is 16.6. The molecule has 0 aromatic carbocycles. The van der Waals surface area contributed by atoms with Crippen molar-refractivity contribution in [2.24, 2.45) is 76.9 Å². The van der Waals surface area contributed by atoms with Crippen molar-refractivity contribution in [2.75, 3.05) is 0 Å². The lowest BCUT2D eigenvalue weighted by molar-refractivity contribution is -0.0832. The third kappa shape index (κ3) is 7.09. The van der Waals surface area contributed by atoms with Gasteiger partial charge in [-0.3, -0.25) is 16.0 Å². The molecule has 0 bridgehead atoms. The summed E-state index contributed by atoms with van der Waals surface area (Å²) < 4.78 is 7.52. The van der Waals surface area contributed by atoms with E-state index in [1.54, 1.807) is 32.1 Å². The lowest BCUT2D eigenvalue weighted by Gasteiger charge is -2.55. The van der Waals surface area contributed by atoms with Crippen molar-refractivity contribution < 1.29 is 4.74 Å². The van der Waals surface area contributed by atoms with E-state index < -0.39 is 0 Å². The van der Waals surface area contributed by atoms with E-state index in [-0.39, 0.29) is 0 Å². The molecule has 0 amide bonds. The molecule has 8 saturated carbocycles. The zero-order valence-electron chi connectivity index (χ0n) is 32.8. The van der Waals surface area contributed by atoms with Crippen molar-refractivity contribution >= 4 is 0 Å². The first kappa shape index (κ1) is 35.3. The van der Waals surface area contributed by atoms with Gasteiger partial charge in [-0.25, -0.2) is 0 Å². The topological polar surface area (TPSA) is 45.3 Å². The molecule has 0 aromatic heterocycles. The zero-order valence-corrected chi connectivity index (χ0v) is 32.8. The molecule has 3 N–H and O–H groups in total. The van der Waals surface area contributed by atoms with E-state index in [2.05, 4.69) is 16.0 Å². The fraction of sp³-hybridized carbons (Fsp3) is 1.00. The molecule has 10 rings (SSSR count). The predicted molar refractivity (Wildman–Crippen MR) is 209 cm³/mol. The molecule has 288 valence electrons. The van der Waals surface area contributed by atoms with Crippen LogP contribution in [0.1, 0.15) is 186 Å². The van der Waals surface area contributed by atoms with Crippen LogP contribution in [0.3, 0.4) is 0 Å². The van der Waals surface area contributed by atoms with Crippen LogP contribution in [0.4, 0.5) is 0 Å². The Morgan fingerprint density at radius 2 is 0.765 bits per heavy atom. The molecule has 4 nitrogen and oxygen atoms in total. The molecular weight excluding hydrogens is 623 g/mol. The van der Waals surface area contributed by atoms with Crippen LogP contribution in [0.15, 0.2) is 0 Å². The number of nitrogens with one attached hydrogen (secondary N) is 3. The Bertz CT molecular complexity index is 1120. The number of hydrogen-bond acceptors (Lipinski definition) is 4. The largest absolute Gasteiger partial charge is 0.374 e. The zero-order chi connectivity index (χ0) is 33.7. The minimum Gasteiger partial charge on any atom is -0.374 e. The molecule has 51 heavy (non-hydrogen) atoms. The minimum atomic E-state index is 0.467. The van der Waals surface area contributed by atoms with E-state index in [0.717, 1.165) is 76.9 Å². The van der Waals surface area contributed by atoms with Gasteiger partial charge in [0, 0.05) is 0 Å². The van der Waals surface area contributed by atoms with Gasteiger partial charge in [-0.15, -0.1) is 0 Å². The summed E-state index contributed by atoms with van der Waals surface area (Å²) in [7, 11) is 0. The van der Waals surface area contributed by atoms with E-state index in [1.165, 1.54) is 154 Å². The highest BCUT2D eigenvalue weighted by Crippen LogP contribution is 2.59. The third-order valence-electron chi connectivity index (χ3n) is 19.0. The molecule has 2 saturated heterocycles. The first-order valence-corrected chi connectivity index (χ1v) is 24.2. The molecule has 0 aromatic rings. The Morgan fingerprint density at radius 3 is 1.51 bits per heavy atom. The van der Waals surface area contributed by atoms with Gasteiger partial charge >= 0.3 is 0 Å². The Balaban J connectivity index is 0.850. The second kappa shape index (κ2) is 15.8. The minimum absolute atomic E-state index is 0.467. The average molecular weight is 702 g/mol. The standard InChI is InChI=1S/C47H79N3O/c1-3-13-32(14-4-1)37-20-11-21-40-43-39-19-10-9-18-38(39)41(29-42(43)51-44(37)40)47-49-45(33-15-5-2-6-16-33)48-46(50-47)34-25-22-31(23-26-34)36-27-24-30-12-7-8-17-35(30)28-36/h30-50H,1-29H2. The van der Waals surface area contributed by atoms with E-state index in [4.69, 9.17) is 4.74 Å². The molecule has 10 fully saturated rings. The van der Waals surface area contributed by atoms with Gasteiger partial charge in [-0.2, -0.15) is 0 Å². The molecule has 8 aliphatic carbocycles. The molecule has 2 aliphatic heterocycles. The summed E-state index contributed by atoms with van der Waals surface area (Å²) >= 11 is 0. The molecule has 4 heteroatoms. The molecule has 14 unspecified atom stereocenters. The first-order valence-electron chi connectivity index (χ1n) is 24.2. The maximum Gasteiger partial charge on any atom is 0.0641 e. The number of ether oxygens (including phenoxy) is 1. The van der Waals surface area contributed by atoms with Crippen LogP contribution in [0.25, 0.3) is 0 Å². The van der Waals surface area contributed by atoms with Gasteiger partial charge in [0.25, 0.3) is 0 Å². The van der Waals surface area contributed by atoms with Gasteiger partial charge in [-0.1, -0.05) is 96.3 Å². The lowest BCUT2D eigenvalue weighted by Crippen LogP contribution is -2.73. The molecule has 10 aliphatic rings. The molecule has 0 spiro atoms. The van der Waals surface area contributed by atoms with Gasteiger partial charge in [0.2, 0.25) is 0 Å². The van der Waals surface area contributed by atoms with Crippen LogP contribution in [-0.2, 0) is 4.74 Å². The van der Waals surface area contributed by atoms with Crippen LogP contribution < -0.4 is 16.0 Å². The van der Waals surface area contributed by atoms with E-state index in [9.17, 15) is 0 Å². The second-order valence-corrected chi connectivity index (χ2v) is 21.3. The highest BCUT2D eigenvalue weighted by atomic mass is 16.5. The summed E-state index contributed by atoms with van der Waals surface area (Å²) in [6.45, 7) is 0. The van der Waals surface area contributed by atoms with Crippen LogP contribution in [0, 0.1) is 76.9 Å². The average Bonchev–Trinajstić information content (AvgIpc) is 3.60. The summed E-state index contributed by atoms with van der Waals surface area (Å²) in [5, 5.41) is 13.2. The van der Waals surface area contributed by atoms with Gasteiger partial charge < -0.3 is 4.74 Å². The van der Waals surface area contributed by atoms with Crippen LogP contribution in [0.2, 0.25) is 0 Å². The quantitative estimate of drug-likeness (QED) is 0.267. The van der Waals surface area contributed by atoms with E-state index in [1.807, 2.05) is 0 Å². The molecule has 14 atom stereocenters. The number of fused-ring (bicyclic) bond motifs is 6. The smallest absolute Gasteiger partial charge is 0.0641 e. The fourth-order valence-corrected chi connectivity index (χ4v) is 16.6. The van der Waals surface area contributed by atoms with Crippen LogP contribution in [-0.4, -0.2) is 30.7 Å². The van der Waals surface area contributed by atoms with Crippen molar-refractivity contribution in [3.63, 3.8) is 0 Å². The summed E-state index contributed by atoms with van der Waals surface area (Å²) in [5.74, 6) is 12.0. The van der Waals surface area contributed by atoms with Gasteiger partial charge in [-0.05, 0) is 167 Å². The van der Waals surface area contributed by atoms with Crippen LogP contribution >= 0.6 is 0 Å². The van der Waals surface area contributed by atoms with E-state index in [0.29, 0.717) is 30.7 Å². The van der Waals surface area contributed by atoms with Crippen molar-refractivity contribution in [1.29, 1.82) is 0 Å². The highest BCUT2D eigenvalue weighted by Gasteiger charge is 2.59. The summed E-state index contributed by atoms with van der Waals surface area (Å²) in [4.78, 5) is 0. The Kier molecular flexibility index (Phi) is 10.9. The normalized spacial score (nSPS) is 51.5. The number of hydrogen-bond donors (Lipinski definition) is 3. The van der Waals surface area contributed by atoms with Crippen LogP contribution in [0.5, 0.6) is 0 Å². The molecule has 0 radical (unpaired) electrons. The Labute approximate surface area is 313 Å².